The minimum atomic E-state index is -3.00. The van der Waals surface area contributed by atoms with E-state index in [2.05, 4.69) is 9.68 Å². The molecule has 0 amide bonds. The number of nitrogens with two attached hydrogens (primary N) is 1. The van der Waals surface area contributed by atoms with Gasteiger partial charge in [-0.2, -0.15) is 0 Å². The largest absolute Gasteiger partial charge is 0.368 e. The fourth-order valence-corrected chi connectivity index (χ4v) is 3.44. The summed E-state index contributed by atoms with van der Waals surface area (Å²) >= 11 is 0. The van der Waals surface area contributed by atoms with Crippen LogP contribution in [-0.2, 0) is 9.84 Å². The molecule has 2 N–H and O–H groups in total. The van der Waals surface area contributed by atoms with Crippen molar-refractivity contribution in [2.24, 2.45) is 0 Å². The van der Waals surface area contributed by atoms with Gasteiger partial charge in [0.2, 0.25) is 5.88 Å². The average molecular weight is 202 g/mol. The lowest BCUT2D eigenvalue weighted by Crippen LogP contribution is -2.07. The van der Waals surface area contributed by atoms with E-state index < -0.39 is 15.1 Å². The molecule has 1 aromatic heterocycles. The van der Waals surface area contributed by atoms with Crippen LogP contribution < -0.4 is 5.73 Å². The van der Waals surface area contributed by atoms with Gasteiger partial charge in [-0.1, -0.05) is 5.16 Å². The van der Waals surface area contributed by atoms with Crippen LogP contribution in [0.3, 0.4) is 0 Å². The van der Waals surface area contributed by atoms with Crippen molar-refractivity contribution >= 4 is 15.7 Å². The first kappa shape index (κ1) is 8.55. The van der Waals surface area contributed by atoms with Crippen LogP contribution in [0.25, 0.3) is 0 Å². The van der Waals surface area contributed by atoms with E-state index in [0.717, 1.165) is 0 Å². The van der Waals surface area contributed by atoms with Crippen LogP contribution in [0.4, 0.5) is 5.88 Å². The standard InChI is InChI=1S/C7H10N2O3S/c8-7-4-5(9-12-7)6-2-1-3-13(6,10)11/h4,6H,1-3,8H2. The first-order valence-electron chi connectivity index (χ1n) is 4.03. The lowest BCUT2D eigenvalue weighted by molar-refractivity contribution is 0.425. The highest BCUT2D eigenvalue weighted by Crippen LogP contribution is 2.34. The smallest absolute Gasteiger partial charge is 0.222 e. The van der Waals surface area contributed by atoms with E-state index in [1.165, 1.54) is 6.07 Å². The second-order valence-electron chi connectivity index (χ2n) is 3.15. The van der Waals surface area contributed by atoms with Crippen molar-refractivity contribution in [2.75, 3.05) is 11.5 Å². The zero-order valence-corrected chi connectivity index (χ0v) is 7.75. The molecule has 0 saturated carbocycles. The van der Waals surface area contributed by atoms with E-state index in [-0.39, 0.29) is 11.6 Å². The van der Waals surface area contributed by atoms with Gasteiger partial charge in [0.25, 0.3) is 0 Å². The second kappa shape index (κ2) is 2.73. The molecule has 1 aliphatic rings. The third-order valence-electron chi connectivity index (χ3n) is 2.21. The molecule has 1 aromatic rings. The molecule has 72 valence electrons. The molecule has 2 heterocycles. The van der Waals surface area contributed by atoms with Gasteiger partial charge in [0.1, 0.15) is 10.9 Å². The number of rotatable bonds is 1. The van der Waals surface area contributed by atoms with Crippen molar-refractivity contribution in [3.8, 4) is 0 Å². The predicted molar refractivity (Wildman–Crippen MR) is 46.7 cm³/mol. The fraction of sp³-hybridized carbons (Fsp3) is 0.571. The summed E-state index contributed by atoms with van der Waals surface area (Å²) in [6, 6.07) is 1.48. The van der Waals surface area contributed by atoms with Crippen molar-refractivity contribution in [3.63, 3.8) is 0 Å². The molecule has 0 spiro atoms. The van der Waals surface area contributed by atoms with Crippen molar-refractivity contribution in [1.82, 2.24) is 5.16 Å². The SMILES string of the molecule is Nc1cc(C2CCCS2(=O)=O)no1. The number of hydrogen-bond donors (Lipinski definition) is 1. The van der Waals surface area contributed by atoms with Gasteiger partial charge < -0.3 is 10.3 Å². The monoisotopic (exact) mass is 202 g/mol. The van der Waals surface area contributed by atoms with Crippen molar-refractivity contribution < 1.29 is 12.9 Å². The number of anilines is 1. The van der Waals surface area contributed by atoms with Gasteiger partial charge in [0.05, 0.1) is 5.75 Å². The quantitative estimate of drug-likeness (QED) is 0.716. The van der Waals surface area contributed by atoms with Crippen molar-refractivity contribution in [3.05, 3.63) is 11.8 Å². The summed E-state index contributed by atoms with van der Waals surface area (Å²) in [4.78, 5) is 0. The van der Waals surface area contributed by atoms with Gasteiger partial charge >= 0.3 is 0 Å². The Bertz CT molecular complexity index is 409. The highest BCUT2D eigenvalue weighted by atomic mass is 32.2. The van der Waals surface area contributed by atoms with E-state index in [4.69, 9.17) is 5.73 Å². The molecule has 0 bridgehead atoms. The zero-order chi connectivity index (χ0) is 9.47. The van der Waals surface area contributed by atoms with Crippen LogP contribution in [0, 0.1) is 0 Å². The number of nitrogens with zero attached hydrogens (tertiary/aromatic N) is 1. The summed E-state index contributed by atoms with van der Waals surface area (Å²) in [6.45, 7) is 0. The minimum Gasteiger partial charge on any atom is -0.368 e. The summed E-state index contributed by atoms with van der Waals surface area (Å²) in [7, 11) is -3.00. The number of aromatic nitrogens is 1. The van der Waals surface area contributed by atoms with E-state index in [9.17, 15) is 8.42 Å². The molecule has 0 aromatic carbocycles. The molecular formula is C7H10N2O3S. The molecule has 1 atom stereocenters. The topological polar surface area (TPSA) is 86.2 Å². The van der Waals surface area contributed by atoms with Gasteiger partial charge in [-0.15, -0.1) is 0 Å². The van der Waals surface area contributed by atoms with E-state index >= 15 is 0 Å². The van der Waals surface area contributed by atoms with Crippen LogP contribution >= 0.6 is 0 Å². The Morgan fingerprint density at radius 3 is 2.85 bits per heavy atom. The minimum absolute atomic E-state index is 0.164. The zero-order valence-electron chi connectivity index (χ0n) is 6.93. The Morgan fingerprint density at radius 1 is 1.62 bits per heavy atom. The lowest BCUT2D eigenvalue weighted by atomic mass is 10.2. The number of nitrogen functional groups attached to an aromatic ring is 1. The number of hydrogen-bond acceptors (Lipinski definition) is 5. The first-order valence-corrected chi connectivity index (χ1v) is 5.75. The molecule has 0 radical (unpaired) electrons. The van der Waals surface area contributed by atoms with E-state index in [0.29, 0.717) is 18.5 Å². The molecule has 1 fully saturated rings. The first-order chi connectivity index (χ1) is 6.09. The maximum atomic E-state index is 11.4. The maximum absolute atomic E-state index is 11.4. The molecule has 0 aliphatic carbocycles. The summed E-state index contributed by atoms with van der Waals surface area (Å²) in [6.07, 6.45) is 1.31. The van der Waals surface area contributed by atoms with Crippen LogP contribution in [0.15, 0.2) is 10.6 Å². The third kappa shape index (κ3) is 1.41. The summed E-state index contributed by atoms with van der Waals surface area (Å²) in [5.74, 6) is 0.404. The maximum Gasteiger partial charge on any atom is 0.222 e. The van der Waals surface area contributed by atoms with Crippen LogP contribution in [-0.4, -0.2) is 19.3 Å². The molecule has 1 aliphatic heterocycles. The Morgan fingerprint density at radius 2 is 2.38 bits per heavy atom. The Kier molecular flexibility index (Phi) is 1.80. The van der Waals surface area contributed by atoms with E-state index in [1.54, 1.807) is 0 Å². The van der Waals surface area contributed by atoms with Crippen molar-refractivity contribution in [1.29, 1.82) is 0 Å². The molecular weight excluding hydrogens is 192 g/mol. The second-order valence-corrected chi connectivity index (χ2v) is 5.46. The molecule has 13 heavy (non-hydrogen) atoms. The van der Waals surface area contributed by atoms with Crippen LogP contribution in [0.2, 0.25) is 0 Å². The van der Waals surface area contributed by atoms with Gasteiger partial charge in [-0.05, 0) is 12.8 Å². The van der Waals surface area contributed by atoms with Gasteiger partial charge in [0, 0.05) is 6.07 Å². The normalized spacial score (nSPS) is 26.3. The van der Waals surface area contributed by atoms with Gasteiger partial charge in [-0.25, -0.2) is 8.42 Å². The molecule has 2 rings (SSSR count). The van der Waals surface area contributed by atoms with Crippen LogP contribution in [0.1, 0.15) is 23.8 Å². The van der Waals surface area contributed by atoms with Crippen molar-refractivity contribution in [2.45, 2.75) is 18.1 Å². The van der Waals surface area contributed by atoms with Crippen LogP contribution in [0.5, 0.6) is 0 Å². The predicted octanol–water partition coefficient (Wildman–Crippen LogP) is 0.506. The molecule has 5 nitrogen and oxygen atoms in total. The summed E-state index contributed by atoms with van der Waals surface area (Å²) < 4.78 is 27.5. The Balaban J connectivity index is 2.37. The Labute approximate surface area is 75.8 Å². The Hall–Kier alpha value is -1.04. The highest BCUT2D eigenvalue weighted by Gasteiger charge is 2.34. The highest BCUT2D eigenvalue weighted by molar-refractivity contribution is 7.91. The van der Waals surface area contributed by atoms with Gasteiger partial charge in [0.15, 0.2) is 9.84 Å². The molecule has 1 saturated heterocycles. The van der Waals surface area contributed by atoms with Gasteiger partial charge in [-0.3, -0.25) is 0 Å². The lowest BCUT2D eigenvalue weighted by Gasteiger charge is -2.02. The molecule has 1 unspecified atom stereocenters. The fourth-order valence-electron chi connectivity index (χ4n) is 1.58. The third-order valence-corrected chi connectivity index (χ3v) is 4.41. The number of sulfone groups is 1. The summed E-state index contributed by atoms with van der Waals surface area (Å²) in [5, 5.41) is 3.11. The average Bonchev–Trinajstić information content (AvgIpc) is 2.56. The molecule has 6 heteroatoms. The van der Waals surface area contributed by atoms with E-state index in [1.807, 2.05) is 0 Å². The summed E-state index contributed by atoms with van der Waals surface area (Å²) in [5.41, 5.74) is 5.75.